The van der Waals surface area contributed by atoms with Crippen molar-refractivity contribution in [3.05, 3.63) is 59.1 Å². The molecule has 1 saturated heterocycles. The number of nitrogens with zero attached hydrogens (tertiary/aromatic N) is 5. The highest BCUT2D eigenvalue weighted by Crippen LogP contribution is 2.33. The summed E-state index contributed by atoms with van der Waals surface area (Å²) in [6, 6.07) is 14.7. The third kappa shape index (κ3) is 4.59. The molecular formula is C21H24ClN5O2S2. The molecule has 0 saturated carbocycles. The van der Waals surface area contributed by atoms with Crippen LogP contribution in [-0.4, -0.2) is 54.7 Å². The van der Waals surface area contributed by atoms with Crippen LogP contribution in [0.25, 0.3) is 5.69 Å². The topological polar surface area (TPSA) is 71.3 Å². The third-order valence-electron chi connectivity index (χ3n) is 5.14. The summed E-state index contributed by atoms with van der Waals surface area (Å²) in [4.78, 5) is 2.51. The predicted molar refractivity (Wildman–Crippen MR) is 125 cm³/mol. The first kappa shape index (κ1) is 22.1. The highest BCUT2D eigenvalue weighted by Gasteiger charge is 2.24. The number of hydrogen-bond donors (Lipinski definition) is 0. The van der Waals surface area contributed by atoms with Gasteiger partial charge in [-0.25, -0.2) is 12.7 Å². The quantitative estimate of drug-likeness (QED) is 0.478. The Hall–Kier alpha value is -2.07. The molecule has 31 heavy (non-hydrogen) atoms. The molecule has 0 bridgehead atoms. The number of aromatic nitrogens is 3. The largest absolute Gasteiger partial charge is 0.341 e. The highest BCUT2D eigenvalue weighted by atomic mass is 35.5. The summed E-state index contributed by atoms with van der Waals surface area (Å²) in [5, 5.41) is 10.3. The van der Waals surface area contributed by atoms with Crippen LogP contribution in [0.5, 0.6) is 0 Å². The number of rotatable bonds is 7. The van der Waals surface area contributed by atoms with Gasteiger partial charge < -0.3 is 4.90 Å². The molecule has 0 unspecified atom stereocenters. The van der Waals surface area contributed by atoms with Gasteiger partial charge in [-0.15, -0.1) is 10.2 Å². The van der Waals surface area contributed by atoms with Gasteiger partial charge in [-0.3, -0.25) is 4.57 Å². The number of hydrogen-bond acceptors (Lipinski definition) is 6. The van der Waals surface area contributed by atoms with Gasteiger partial charge in [0.25, 0.3) is 0 Å². The van der Waals surface area contributed by atoms with Crippen LogP contribution in [0.15, 0.2) is 58.6 Å². The zero-order valence-electron chi connectivity index (χ0n) is 17.4. The first-order valence-corrected chi connectivity index (χ1v) is 12.8. The Bertz CT molecular complexity index is 1170. The van der Waals surface area contributed by atoms with Crippen molar-refractivity contribution in [2.75, 3.05) is 32.1 Å². The van der Waals surface area contributed by atoms with Crippen LogP contribution in [0, 0.1) is 0 Å². The summed E-state index contributed by atoms with van der Waals surface area (Å²) in [6.07, 6.45) is 2.26. The molecular weight excluding hydrogens is 454 g/mol. The number of thioether (sulfide) groups is 1. The van der Waals surface area contributed by atoms with Crippen LogP contribution < -0.4 is 4.90 Å². The predicted octanol–water partition coefficient (Wildman–Crippen LogP) is 4.06. The van der Waals surface area contributed by atoms with Gasteiger partial charge in [-0.1, -0.05) is 47.6 Å². The second-order valence-corrected chi connectivity index (χ2v) is 11.0. The van der Waals surface area contributed by atoms with Gasteiger partial charge in [0.15, 0.2) is 5.16 Å². The van der Waals surface area contributed by atoms with E-state index < -0.39 is 10.0 Å². The molecule has 0 radical (unpaired) electrons. The molecule has 2 heterocycles. The van der Waals surface area contributed by atoms with Crippen molar-refractivity contribution in [2.24, 2.45) is 0 Å². The van der Waals surface area contributed by atoms with Gasteiger partial charge in [-0.05, 0) is 42.7 Å². The molecule has 7 nitrogen and oxygen atoms in total. The Balaban J connectivity index is 1.65. The fourth-order valence-corrected chi connectivity index (χ4v) is 5.55. The van der Waals surface area contributed by atoms with Crippen LogP contribution in [0.1, 0.15) is 18.4 Å². The number of para-hydroxylation sites is 1. The van der Waals surface area contributed by atoms with Gasteiger partial charge in [-0.2, -0.15) is 0 Å². The molecule has 1 fully saturated rings. The molecule has 0 amide bonds. The molecule has 2 aromatic carbocycles. The first-order valence-electron chi connectivity index (χ1n) is 9.97. The smallest absolute Gasteiger partial charge is 0.242 e. The molecule has 0 atom stereocenters. The van der Waals surface area contributed by atoms with E-state index in [2.05, 4.69) is 15.1 Å². The van der Waals surface area contributed by atoms with Crippen LogP contribution in [-0.2, 0) is 15.8 Å². The summed E-state index contributed by atoms with van der Waals surface area (Å²) in [7, 11) is -0.418. The summed E-state index contributed by atoms with van der Waals surface area (Å²) >= 11 is 8.02. The summed E-state index contributed by atoms with van der Waals surface area (Å²) in [5.41, 5.74) is 1.73. The average Bonchev–Trinajstić information content (AvgIpc) is 3.42. The van der Waals surface area contributed by atoms with Crippen molar-refractivity contribution in [1.29, 1.82) is 0 Å². The van der Waals surface area contributed by atoms with Crippen LogP contribution >= 0.6 is 23.4 Å². The van der Waals surface area contributed by atoms with E-state index in [1.165, 1.54) is 30.2 Å². The van der Waals surface area contributed by atoms with Gasteiger partial charge in [0.05, 0.1) is 15.6 Å². The van der Waals surface area contributed by atoms with Gasteiger partial charge in [0.1, 0.15) is 0 Å². The van der Waals surface area contributed by atoms with Gasteiger partial charge in [0, 0.05) is 32.9 Å². The Kier molecular flexibility index (Phi) is 6.57. The molecule has 10 heteroatoms. The lowest BCUT2D eigenvalue weighted by molar-refractivity contribution is 0.520. The maximum atomic E-state index is 12.5. The Morgan fingerprint density at radius 2 is 1.81 bits per heavy atom. The molecule has 1 aliphatic rings. The van der Waals surface area contributed by atoms with E-state index in [4.69, 9.17) is 11.6 Å². The lowest BCUT2D eigenvalue weighted by Gasteiger charge is -2.19. The average molecular weight is 478 g/mol. The highest BCUT2D eigenvalue weighted by molar-refractivity contribution is 7.98. The third-order valence-corrected chi connectivity index (χ3v) is 8.27. The molecule has 4 rings (SSSR count). The first-order chi connectivity index (χ1) is 14.9. The maximum absolute atomic E-state index is 12.5. The van der Waals surface area contributed by atoms with E-state index in [1.807, 2.05) is 34.9 Å². The standard InChI is InChI=1S/C21H24ClN5O2S2/c1-25(2)31(28,29)17-9-7-8-16(14-17)15-30-21-24-23-20(26-12-5-6-13-26)27(21)19-11-4-3-10-18(19)22/h3-4,7-11,14H,5-6,12-13,15H2,1-2H3. The molecule has 0 spiro atoms. The number of benzene rings is 2. The number of anilines is 1. The van der Waals surface area contributed by atoms with Crippen molar-refractivity contribution in [2.45, 2.75) is 28.6 Å². The van der Waals surface area contributed by atoms with E-state index in [9.17, 15) is 8.42 Å². The summed E-state index contributed by atoms with van der Waals surface area (Å²) in [6.45, 7) is 1.88. The molecule has 3 aromatic rings. The molecule has 0 aliphatic carbocycles. The van der Waals surface area contributed by atoms with Crippen molar-refractivity contribution in [3.8, 4) is 5.69 Å². The number of halogens is 1. The van der Waals surface area contributed by atoms with E-state index in [1.54, 1.807) is 18.2 Å². The minimum absolute atomic E-state index is 0.279. The van der Waals surface area contributed by atoms with E-state index in [0.717, 1.165) is 48.3 Å². The minimum atomic E-state index is -3.48. The van der Waals surface area contributed by atoms with Crippen molar-refractivity contribution >= 4 is 39.3 Å². The molecule has 1 aliphatic heterocycles. The Morgan fingerprint density at radius 1 is 1.06 bits per heavy atom. The summed E-state index contributed by atoms with van der Waals surface area (Å²) < 4.78 is 28.1. The Morgan fingerprint density at radius 3 is 2.52 bits per heavy atom. The molecule has 164 valence electrons. The van der Waals surface area contributed by atoms with Gasteiger partial charge in [0.2, 0.25) is 16.0 Å². The van der Waals surface area contributed by atoms with Crippen LogP contribution in [0.2, 0.25) is 5.02 Å². The molecule has 1 aromatic heterocycles. The fourth-order valence-electron chi connectivity index (χ4n) is 3.48. The number of sulfonamides is 1. The van der Waals surface area contributed by atoms with E-state index in [-0.39, 0.29) is 4.90 Å². The second kappa shape index (κ2) is 9.20. The normalized spacial score (nSPS) is 14.5. The van der Waals surface area contributed by atoms with Crippen molar-refractivity contribution < 1.29 is 8.42 Å². The van der Waals surface area contributed by atoms with Crippen LogP contribution in [0.3, 0.4) is 0 Å². The fraction of sp³-hybridized carbons (Fsp3) is 0.333. The monoisotopic (exact) mass is 477 g/mol. The van der Waals surface area contributed by atoms with Crippen LogP contribution in [0.4, 0.5) is 5.95 Å². The van der Waals surface area contributed by atoms with Gasteiger partial charge >= 0.3 is 0 Å². The minimum Gasteiger partial charge on any atom is -0.341 e. The second-order valence-electron chi connectivity index (χ2n) is 7.49. The summed E-state index contributed by atoms with van der Waals surface area (Å²) in [5.74, 6) is 1.34. The molecule has 0 N–H and O–H groups in total. The maximum Gasteiger partial charge on any atom is 0.242 e. The van der Waals surface area contributed by atoms with Crippen molar-refractivity contribution in [3.63, 3.8) is 0 Å². The van der Waals surface area contributed by atoms with E-state index >= 15 is 0 Å². The Labute approximate surface area is 192 Å². The van der Waals surface area contributed by atoms with Crippen molar-refractivity contribution in [1.82, 2.24) is 19.1 Å². The zero-order valence-corrected chi connectivity index (χ0v) is 19.8. The lowest BCUT2D eigenvalue weighted by Crippen LogP contribution is -2.22. The van der Waals surface area contributed by atoms with E-state index in [0.29, 0.717) is 10.8 Å². The SMILES string of the molecule is CN(C)S(=O)(=O)c1cccc(CSc2nnc(N3CCCC3)n2-c2ccccc2Cl)c1. The zero-order chi connectivity index (χ0) is 22.0. The lowest BCUT2D eigenvalue weighted by atomic mass is 10.2.